The first-order valence-corrected chi connectivity index (χ1v) is 7.44. The zero-order valence-corrected chi connectivity index (χ0v) is 11.8. The predicted molar refractivity (Wildman–Crippen MR) is 79.9 cm³/mol. The third-order valence-corrected chi connectivity index (χ3v) is 4.49. The Balaban J connectivity index is 1.52. The monoisotopic (exact) mass is 282 g/mol. The molecule has 5 nitrogen and oxygen atoms in total. The van der Waals surface area contributed by atoms with Gasteiger partial charge in [0, 0.05) is 31.7 Å². The fourth-order valence-corrected chi connectivity index (χ4v) is 3.37. The second kappa shape index (κ2) is 5.00. The molecule has 21 heavy (non-hydrogen) atoms. The van der Waals surface area contributed by atoms with Gasteiger partial charge in [0.2, 0.25) is 5.91 Å². The van der Waals surface area contributed by atoms with E-state index in [9.17, 15) is 4.79 Å². The van der Waals surface area contributed by atoms with Gasteiger partial charge in [0.05, 0.1) is 23.8 Å². The van der Waals surface area contributed by atoms with Crippen LogP contribution in [0.3, 0.4) is 0 Å². The van der Waals surface area contributed by atoms with Crippen LogP contribution in [0.1, 0.15) is 17.8 Å². The second-order valence-electron chi connectivity index (χ2n) is 5.68. The highest BCUT2D eigenvalue weighted by molar-refractivity contribution is 5.99. The van der Waals surface area contributed by atoms with Gasteiger partial charge in [-0.1, -0.05) is 18.2 Å². The molecule has 0 saturated carbocycles. The molecule has 1 unspecified atom stereocenters. The van der Waals surface area contributed by atoms with Gasteiger partial charge < -0.3 is 9.88 Å². The molecule has 0 aliphatic carbocycles. The van der Waals surface area contributed by atoms with E-state index in [-0.39, 0.29) is 11.9 Å². The predicted octanol–water partition coefficient (Wildman–Crippen LogP) is 1.57. The van der Waals surface area contributed by atoms with Crippen LogP contribution >= 0.6 is 0 Å². The number of para-hydroxylation sites is 1. The first kappa shape index (κ1) is 12.6. The standard InChI is InChI=1S/C16H18N4O/c21-16-15(7-9-20(16)12-4-2-1-3-5-12)19-8-6-13-14(10-19)18-11-17-13/h1-5,11,15H,6-10H2,(H,17,18). The summed E-state index contributed by atoms with van der Waals surface area (Å²) in [5, 5.41) is 0. The van der Waals surface area contributed by atoms with E-state index < -0.39 is 0 Å². The molecule has 2 aromatic rings. The van der Waals surface area contributed by atoms with Crippen LogP contribution < -0.4 is 4.90 Å². The Kier molecular flexibility index (Phi) is 3.00. The highest BCUT2D eigenvalue weighted by atomic mass is 16.2. The van der Waals surface area contributed by atoms with Gasteiger partial charge in [-0.25, -0.2) is 4.98 Å². The molecule has 2 aliphatic heterocycles. The number of imidazole rings is 1. The van der Waals surface area contributed by atoms with E-state index in [1.54, 1.807) is 6.33 Å². The summed E-state index contributed by atoms with van der Waals surface area (Å²) in [5.74, 6) is 0.226. The maximum atomic E-state index is 12.7. The van der Waals surface area contributed by atoms with Crippen molar-refractivity contribution in [3.8, 4) is 0 Å². The molecule has 4 rings (SSSR count). The number of carbonyl (C=O) groups is 1. The summed E-state index contributed by atoms with van der Waals surface area (Å²) >= 11 is 0. The van der Waals surface area contributed by atoms with Gasteiger partial charge in [-0.15, -0.1) is 0 Å². The van der Waals surface area contributed by atoms with E-state index in [0.717, 1.165) is 49.6 Å². The van der Waals surface area contributed by atoms with Crippen molar-refractivity contribution >= 4 is 11.6 Å². The molecule has 0 radical (unpaired) electrons. The van der Waals surface area contributed by atoms with E-state index in [1.807, 2.05) is 35.2 Å². The summed E-state index contributed by atoms with van der Waals surface area (Å²) in [4.78, 5) is 24.4. The molecule has 1 N–H and O–H groups in total. The lowest BCUT2D eigenvalue weighted by Gasteiger charge is -2.30. The molecule has 1 aromatic heterocycles. The number of H-pyrrole nitrogens is 1. The maximum Gasteiger partial charge on any atom is 0.244 e. The Hall–Kier alpha value is -2.14. The normalized spacial score (nSPS) is 22.6. The third-order valence-electron chi connectivity index (χ3n) is 4.49. The topological polar surface area (TPSA) is 52.2 Å². The first-order valence-electron chi connectivity index (χ1n) is 7.44. The quantitative estimate of drug-likeness (QED) is 0.909. The number of nitrogens with one attached hydrogen (secondary N) is 1. The molecular weight excluding hydrogens is 264 g/mol. The van der Waals surface area contributed by atoms with Crippen molar-refractivity contribution in [1.29, 1.82) is 0 Å². The van der Waals surface area contributed by atoms with Crippen molar-refractivity contribution in [2.75, 3.05) is 18.0 Å². The van der Waals surface area contributed by atoms with Gasteiger partial charge in [-0.3, -0.25) is 9.69 Å². The Labute approximate surface area is 123 Å². The van der Waals surface area contributed by atoms with Crippen molar-refractivity contribution in [2.24, 2.45) is 0 Å². The Bertz CT molecular complexity index is 651. The molecule has 1 fully saturated rings. The Morgan fingerprint density at radius 2 is 2.05 bits per heavy atom. The number of nitrogens with zero attached hydrogens (tertiary/aromatic N) is 3. The van der Waals surface area contributed by atoms with Gasteiger partial charge in [0.15, 0.2) is 0 Å². The van der Waals surface area contributed by atoms with Gasteiger partial charge >= 0.3 is 0 Å². The molecule has 2 aliphatic rings. The van der Waals surface area contributed by atoms with E-state index in [2.05, 4.69) is 14.9 Å². The fourth-order valence-electron chi connectivity index (χ4n) is 3.37. The largest absolute Gasteiger partial charge is 0.347 e. The van der Waals surface area contributed by atoms with E-state index in [1.165, 1.54) is 0 Å². The molecule has 1 atom stereocenters. The molecule has 0 bridgehead atoms. The number of aromatic nitrogens is 2. The van der Waals surface area contributed by atoms with E-state index >= 15 is 0 Å². The van der Waals surface area contributed by atoms with Crippen LogP contribution in [0.4, 0.5) is 5.69 Å². The van der Waals surface area contributed by atoms with Crippen LogP contribution in [-0.4, -0.2) is 39.9 Å². The summed E-state index contributed by atoms with van der Waals surface area (Å²) in [6.45, 7) is 2.52. The average Bonchev–Trinajstić information content (AvgIpc) is 3.13. The van der Waals surface area contributed by atoms with Crippen LogP contribution in [0.15, 0.2) is 36.7 Å². The Morgan fingerprint density at radius 3 is 2.90 bits per heavy atom. The van der Waals surface area contributed by atoms with Crippen molar-refractivity contribution in [3.05, 3.63) is 48.0 Å². The number of carbonyl (C=O) groups excluding carboxylic acids is 1. The second-order valence-corrected chi connectivity index (χ2v) is 5.68. The number of hydrogen-bond acceptors (Lipinski definition) is 3. The van der Waals surface area contributed by atoms with Crippen molar-refractivity contribution < 1.29 is 4.79 Å². The SMILES string of the molecule is O=C1C(N2CCc3nc[nH]c3C2)CCN1c1ccccc1. The summed E-state index contributed by atoms with van der Waals surface area (Å²) in [6.07, 6.45) is 3.58. The van der Waals surface area contributed by atoms with E-state index in [4.69, 9.17) is 0 Å². The number of aromatic amines is 1. The van der Waals surface area contributed by atoms with Crippen molar-refractivity contribution in [1.82, 2.24) is 14.9 Å². The minimum absolute atomic E-state index is 0.00153. The van der Waals surface area contributed by atoms with Crippen molar-refractivity contribution in [3.63, 3.8) is 0 Å². The molecular formula is C16H18N4O. The summed E-state index contributed by atoms with van der Waals surface area (Å²) in [5.41, 5.74) is 3.31. The van der Waals surface area contributed by atoms with Crippen LogP contribution in [-0.2, 0) is 17.8 Å². The average molecular weight is 282 g/mol. The zero-order chi connectivity index (χ0) is 14.2. The molecule has 5 heteroatoms. The van der Waals surface area contributed by atoms with Gasteiger partial charge in [-0.05, 0) is 18.6 Å². The van der Waals surface area contributed by atoms with Crippen LogP contribution in [0.25, 0.3) is 0 Å². The zero-order valence-electron chi connectivity index (χ0n) is 11.8. The smallest absolute Gasteiger partial charge is 0.244 e. The highest BCUT2D eigenvalue weighted by Crippen LogP contribution is 2.27. The van der Waals surface area contributed by atoms with Crippen LogP contribution in [0, 0.1) is 0 Å². The number of rotatable bonds is 2. The van der Waals surface area contributed by atoms with Crippen LogP contribution in [0.2, 0.25) is 0 Å². The summed E-state index contributed by atoms with van der Waals surface area (Å²) < 4.78 is 0. The van der Waals surface area contributed by atoms with Crippen LogP contribution in [0.5, 0.6) is 0 Å². The number of anilines is 1. The minimum atomic E-state index is 0.00153. The van der Waals surface area contributed by atoms with E-state index in [0.29, 0.717) is 0 Å². The number of fused-ring (bicyclic) bond motifs is 1. The van der Waals surface area contributed by atoms with Gasteiger partial charge in [-0.2, -0.15) is 0 Å². The molecule has 1 saturated heterocycles. The molecule has 1 aromatic carbocycles. The summed E-state index contributed by atoms with van der Waals surface area (Å²) in [6, 6.07) is 9.95. The molecule has 1 amide bonds. The lowest BCUT2D eigenvalue weighted by molar-refractivity contribution is -0.122. The number of benzene rings is 1. The lowest BCUT2D eigenvalue weighted by Crippen LogP contribution is -2.44. The third kappa shape index (κ3) is 2.14. The molecule has 0 spiro atoms. The number of amides is 1. The molecule has 3 heterocycles. The lowest BCUT2D eigenvalue weighted by atomic mass is 10.1. The Morgan fingerprint density at radius 1 is 1.19 bits per heavy atom. The molecule has 108 valence electrons. The van der Waals surface area contributed by atoms with Crippen molar-refractivity contribution in [2.45, 2.75) is 25.4 Å². The minimum Gasteiger partial charge on any atom is -0.347 e. The van der Waals surface area contributed by atoms with Gasteiger partial charge in [0.25, 0.3) is 0 Å². The van der Waals surface area contributed by atoms with Gasteiger partial charge in [0.1, 0.15) is 0 Å². The fraction of sp³-hybridized carbons (Fsp3) is 0.375. The number of hydrogen-bond donors (Lipinski definition) is 1. The maximum absolute atomic E-state index is 12.7. The summed E-state index contributed by atoms with van der Waals surface area (Å²) in [7, 11) is 0. The first-order chi connectivity index (χ1) is 10.3. The highest BCUT2D eigenvalue weighted by Gasteiger charge is 2.38.